The van der Waals surface area contributed by atoms with Crippen LogP contribution in [-0.4, -0.2) is 28.6 Å². The molecule has 1 saturated heterocycles. The van der Waals surface area contributed by atoms with Gasteiger partial charge in [-0.3, -0.25) is 9.69 Å². The molecule has 1 aliphatic heterocycles. The number of carboxylic acid groups (broad SMARTS) is 1. The van der Waals surface area contributed by atoms with E-state index in [-0.39, 0.29) is 6.04 Å². The van der Waals surface area contributed by atoms with Crippen molar-refractivity contribution in [2.75, 3.05) is 6.54 Å². The molecule has 110 valence electrons. The van der Waals surface area contributed by atoms with Crippen LogP contribution in [-0.2, 0) is 4.79 Å². The van der Waals surface area contributed by atoms with Crippen molar-refractivity contribution < 1.29 is 14.3 Å². The molecule has 0 aliphatic carbocycles. The van der Waals surface area contributed by atoms with Gasteiger partial charge in [-0.2, -0.15) is 0 Å². The van der Waals surface area contributed by atoms with Gasteiger partial charge in [-0.15, -0.1) is 0 Å². The van der Waals surface area contributed by atoms with Gasteiger partial charge in [-0.1, -0.05) is 23.7 Å². The number of hydrogen-bond donors (Lipinski definition) is 1. The van der Waals surface area contributed by atoms with E-state index in [1.807, 2.05) is 41.3 Å². The molecule has 3 rings (SSSR count). The van der Waals surface area contributed by atoms with Crippen molar-refractivity contribution in [3.05, 3.63) is 59.0 Å². The minimum Gasteiger partial charge on any atom is -0.480 e. The van der Waals surface area contributed by atoms with Crippen LogP contribution in [0.1, 0.15) is 30.2 Å². The standard InChI is InChI=1S/C16H16ClNO3/c17-12-5-1-4-11(10-12)15(14-7-3-9-21-14)18-8-2-6-13(18)16(19)20/h1,3-5,7,9-10,13,15H,2,6,8H2,(H,19,20). The van der Waals surface area contributed by atoms with Crippen LogP contribution < -0.4 is 0 Å². The number of aliphatic carboxylic acids is 1. The molecule has 21 heavy (non-hydrogen) atoms. The molecule has 0 bridgehead atoms. The predicted octanol–water partition coefficient (Wildman–Crippen LogP) is 3.57. The van der Waals surface area contributed by atoms with Gasteiger partial charge in [0.2, 0.25) is 0 Å². The van der Waals surface area contributed by atoms with Crippen LogP contribution in [0.4, 0.5) is 0 Å². The first-order valence-corrected chi connectivity index (χ1v) is 7.32. The SMILES string of the molecule is O=C(O)C1CCCN1C(c1cccc(Cl)c1)c1ccco1. The summed E-state index contributed by atoms with van der Waals surface area (Å²) in [5, 5.41) is 10.1. The van der Waals surface area contributed by atoms with Gasteiger partial charge >= 0.3 is 5.97 Å². The number of furan rings is 1. The molecular weight excluding hydrogens is 290 g/mol. The van der Waals surface area contributed by atoms with E-state index in [2.05, 4.69) is 0 Å². The topological polar surface area (TPSA) is 53.7 Å². The highest BCUT2D eigenvalue weighted by Gasteiger charge is 2.37. The summed E-state index contributed by atoms with van der Waals surface area (Å²) in [6.07, 6.45) is 3.14. The van der Waals surface area contributed by atoms with Crippen molar-refractivity contribution in [2.45, 2.75) is 24.9 Å². The zero-order valence-corrected chi connectivity index (χ0v) is 12.2. The fraction of sp³-hybridized carbons (Fsp3) is 0.312. The van der Waals surface area contributed by atoms with E-state index in [4.69, 9.17) is 16.0 Å². The van der Waals surface area contributed by atoms with Gasteiger partial charge in [0.25, 0.3) is 0 Å². The zero-order valence-electron chi connectivity index (χ0n) is 11.4. The third-order valence-corrected chi connectivity index (χ3v) is 4.12. The summed E-state index contributed by atoms with van der Waals surface area (Å²) in [6, 6.07) is 10.5. The molecule has 2 aromatic rings. The number of nitrogens with zero attached hydrogens (tertiary/aromatic N) is 1. The fourth-order valence-electron chi connectivity index (χ4n) is 3.01. The Hall–Kier alpha value is -1.78. The Morgan fingerprint density at radius 2 is 2.24 bits per heavy atom. The Kier molecular flexibility index (Phi) is 3.99. The Balaban J connectivity index is 2.03. The summed E-state index contributed by atoms with van der Waals surface area (Å²) in [5.41, 5.74) is 0.950. The van der Waals surface area contributed by atoms with Crippen LogP contribution in [0.5, 0.6) is 0 Å². The maximum absolute atomic E-state index is 11.5. The molecule has 2 heterocycles. The number of hydrogen-bond acceptors (Lipinski definition) is 3. The Morgan fingerprint density at radius 3 is 2.90 bits per heavy atom. The second kappa shape index (κ2) is 5.92. The number of rotatable bonds is 4. The average molecular weight is 306 g/mol. The Morgan fingerprint density at radius 1 is 1.38 bits per heavy atom. The lowest BCUT2D eigenvalue weighted by atomic mass is 10.0. The van der Waals surface area contributed by atoms with Crippen LogP contribution in [0, 0.1) is 0 Å². The first-order valence-electron chi connectivity index (χ1n) is 6.94. The van der Waals surface area contributed by atoms with Crippen molar-refractivity contribution in [3.8, 4) is 0 Å². The van der Waals surface area contributed by atoms with Crippen LogP contribution in [0.2, 0.25) is 5.02 Å². The number of carboxylic acids is 1. The molecule has 4 nitrogen and oxygen atoms in total. The van der Waals surface area contributed by atoms with Crippen molar-refractivity contribution >= 4 is 17.6 Å². The quantitative estimate of drug-likeness (QED) is 0.938. The molecule has 1 N–H and O–H groups in total. The fourth-order valence-corrected chi connectivity index (χ4v) is 3.20. The summed E-state index contributed by atoms with van der Waals surface area (Å²) in [6.45, 7) is 0.731. The molecule has 1 aliphatic rings. The van der Waals surface area contributed by atoms with E-state index >= 15 is 0 Å². The molecule has 2 atom stereocenters. The smallest absolute Gasteiger partial charge is 0.320 e. The van der Waals surface area contributed by atoms with E-state index in [0.29, 0.717) is 11.4 Å². The minimum absolute atomic E-state index is 0.220. The summed E-state index contributed by atoms with van der Waals surface area (Å²) < 4.78 is 5.55. The highest BCUT2D eigenvalue weighted by Crippen LogP contribution is 2.35. The van der Waals surface area contributed by atoms with Gasteiger partial charge in [-0.25, -0.2) is 0 Å². The van der Waals surface area contributed by atoms with Crippen LogP contribution in [0.25, 0.3) is 0 Å². The van der Waals surface area contributed by atoms with Gasteiger partial charge in [0.1, 0.15) is 11.8 Å². The van der Waals surface area contributed by atoms with Crippen molar-refractivity contribution in [1.82, 2.24) is 4.90 Å². The number of likely N-dealkylation sites (tertiary alicyclic amines) is 1. The molecule has 0 radical (unpaired) electrons. The zero-order chi connectivity index (χ0) is 14.8. The molecule has 1 aromatic heterocycles. The van der Waals surface area contributed by atoms with Crippen LogP contribution in [0.3, 0.4) is 0 Å². The monoisotopic (exact) mass is 305 g/mol. The van der Waals surface area contributed by atoms with Crippen LogP contribution >= 0.6 is 11.6 Å². The Labute approximate surface area is 127 Å². The summed E-state index contributed by atoms with van der Waals surface area (Å²) in [4.78, 5) is 13.5. The van der Waals surface area contributed by atoms with E-state index in [9.17, 15) is 9.90 Å². The summed E-state index contributed by atoms with van der Waals surface area (Å²) in [7, 11) is 0. The first-order chi connectivity index (χ1) is 10.2. The van der Waals surface area contributed by atoms with Gasteiger partial charge in [-0.05, 0) is 42.7 Å². The third-order valence-electron chi connectivity index (χ3n) is 3.89. The average Bonchev–Trinajstić information content (AvgIpc) is 3.10. The van der Waals surface area contributed by atoms with Gasteiger partial charge in [0.15, 0.2) is 0 Å². The number of carbonyl (C=O) groups is 1. The minimum atomic E-state index is -0.786. The highest BCUT2D eigenvalue weighted by atomic mass is 35.5. The second-order valence-electron chi connectivity index (χ2n) is 5.21. The highest BCUT2D eigenvalue weighted by molar-refractivity contribution is 6.30. The largest absolute Gasteiger partial charge is 0.480 e. The van der Waals surface area contributed by atoms with E-state index < -0.39 is 12.0 Å². The molecule has 1 fully saturated rings. The second-order valence-corrected chi connectivity index (χ2v) is 5.64. The van der Waals surface area contributed by atoms with Crippen molar-refractivity contribution in [2.24, 2.45) is 0 Å². The third kappa shape index (κ3) is 2.82. The molecule has 2 unspecified atom stereocenters. The lowest BCUT2D eigenvalue weighted by molar-refractivity contribution is -0.142. The van der Waals surface area contributed by atoms with E-state index in [1.165, 1.54) is 0 Å². The van der Waals surface area contributed by atoms with E-state index in [1.54, 1.807) is 6.26 Å². The first kappa shape index (κ1) is 14.2. The number of halogens is 1. The van der Waals surface area contributed by atoms with E-state index in [0.717, 1.165) is 24.3 Å². The van der Waals surface area contributed by atoms with Gasteiger partial charge < -0.3 is 9.52 Å². The molecule has 5 heteroatoms. The maximum atomic E-state index is 11.5. The molecule has 1 aromatic carbocycles. The Bertz CT molecular complexity index is 626. The maximum Gasteiger partial charge on any atom is 0.320 e. The summed E-state index contributed by atoms with van der Waals surface area (Å²) >= 11 is 6.09. The predicted molar refractivity (Wildman–Crippen MR) is 79.4 cm³/mol. The summed E-state index contributed by atoms with van der Waals surface area (Å²) in [5.74, 6) is -0.0449. The molecule has 0 amide bonds. The molecular formula is C16H16ClNO3. The van der Waals surface area contributed by atoms with Crippen molar-refractivity contribution in [3.63, 3.8) is 0 Å². The lowest BCUT2D eigenvalue weighted by Gasteiger charge is -2.30. The lowest BCUT2D eigenvalue weighted by Crippen LogP contribution is -2.39. The van der Waals surface area contributed by atoms with Gasteiger partial charge in [0, 0.05) is 11.6 Å². The van der Waals surface area contributed by atoms with Crippen molar-refractivity contribution in [1.29, 1.82) is 0 Å². The number of benzene rings is 1. The normalized spacial score (nSPS) is 20.5. The van der Waals surface area contributed by atoms with Crippen LogP contribution in [0.15, 0.2) is 47.1 Å². The molecule has 0 saturated carbocycles. The molecule has 0 spiro atoms. The van der Waals surface area contributed by atoms with Gasteiger partial charge in [0.05, 0.1) is 12.3 Å².